The number of carbonyl (C=O) groups is 2. The van der Waals surface area contributed by atoms with Crippen molar-refractivity contribution in [3.05, 3.63) is 0 Å². The van der Waals surface area contributed by atoms with Gasteiger partial charge in [0, 0.05) is 6.54 Å². The van der Waals surface area contributed by atoms with Gasteiger partial charge in [0.15, 0.2) is 5.75 Å². The van der Waals surface area contributed by atoms with Gasteiger partial charge in [-0.25, -0.2) is 8.42 Å². The first kappa shape index (κ1) is 15.9. The second-order valence-corrected chi connectivity index (χ2v) is 5.71. The fourth-order valence-corrected chi connectivity index (χ4v) is 3.11. The zero-order valence-corrected chi connectivity index (χ0v) is 11.6. The summed E-state index contributed by atoms with van der Waals surface area (Å²) in [7, 11) is -2.77. The van der Waals surface area contributed by atoms with E-state index in [2.05, 4.69) is 9.47 Å². The van der Waals surface area contributed by atoms with E-state index in [1.165, 1.54) is 0 Å². The molecule has 1 rings (SSSR count). The van der Waals surface area contributed by atoms with E-state index in [9.17, 15) is 18.0 Å². The average Bonchev–Trinajstić information content (AvgIpc) is 2.37. The molecule has 0 aromatic heterocycles. The molecule has 1 saturated heterocycles. The monoisotopic (exact) mass is 295 g/mol. The third-order valence-corrected chi connectivity index (χ3v) is 4.27. The summed E-state index contributed by atoms with van der Waals surface area (Å²) >= 11 is 0. The predicted molar refractivity (Wildman–Crippen MR) is 63.7 cm³/mol. The largest absolute Gasteiger partial charge is 0.468 e. The molecule has 0 bridgehead atoms. The molecule has 1 heterocycles. The van der Waals surface area contributed by atoms with Crippen LogP contribution in [-0.4, -0.2) is 69.9 Å². The molecular formula is C10H17NO7S. The van der Waals surface area contributed by atoms with E-state index in [0.29, 0.717) is 0 Å². The van der Waals surface area contributed by atoms with Gasteiger partial charge in [-0.1, -0.05) is 0 Å². The van der Waals surface area contributed by atoms with Crippen molar-refractivity contribution in [1.29, 1.82) is 0 Å². The van der Waals surface area contributed by atoms with Crippen molar-refractivity contribution in [2.24, 2.45) is 0 Å². The molecule has 110 valence electrons. The summed E-state index contributed by atoms with van der Waals surface area (Å²) in [6.07, 6.45) is 0. The van der Waals surface area contributed by atoms with E-state index in [1.807, 2.05) is 0 Å². The molecule has 1 aliphatic rings. The highest BCUT2D eigenvalue weighted by Crippen LogP contribution is 2.14. The fraction of sp³-hybridized carbons (Fsp3) is 0.800. The van der Waals surface area contributed by atoms with Crippen LogP contribution in [0.25, 0.3) is 0 Å². The lowest BCUT2D eigenvalue weighted by atomic mass is 10.3. The molecule has 0 amide bonds. The van der Waals surface area contributed by atoms with Crippen molar-refractivity contribution in [1.82, 2.24) is 4.31 Å². The Morgan fingerprint density at radius 1 is 1.42 bits per heavy atom. The molecule has 0 N–H and O–H groups in total. The molecule has 8 nitrogen and oxygen atoms in total. The second-order valence-electron chi connectivity index (χ2n) is 3.79. The van der Waals surface area contributed by atoms with Gasteiger partial charge in [0.1, 0.15) is 6.04 Å². The van der Waals surface area contributed by atoms with E-state index in [1.54, 1.807) is 6.92 Å². The van der Waals surface area contributed by atoms with Crippen molar-refractivity contribution < 1.29 is 32.2 Å². The van der Waals surface area contributed by atoms with E-state index < -0.39 is 33.8 Å². The van der Waals surface area contributed by atoms with Crippen LogP contribution in [0.5, 0.6) is 0 Å². The minimum Gasteiger partial charge on any atom is -0.468 e. The maximum atomic E-state index is 12.1. The van der Waals surface area contributed by atoms with E-state index in [4.69, 9.17) is 4.74 Å². The second kappa shape index (κ2) is 6.83. The number of morpholine rings is 1. The molecule has 1 fully saturated rings. The molecule has 1 unspecified atom stereocenters. The lowest BCUT2D eigenvalue weighted by molar-refractivity contribution is -0.150. The van der Waals surface area contributed by atoms with Crippen LogP contribution in [-0.2, 0) is 33.8 Å². The van der Waals surface area contributed by atoms with Crippen molar-refractivity contribution >= 4 is 22.0 Å². The summed E-state index contributed by atoms with van der Waals surface area (Å²) in [5.41, 5.74) is 0. The van der Waals surface area contributed by atoms with Gasteiger partial charge in [-0.05, 0) is 6.92 Å². The van der Waals surface area contributed by atoms with Crippen LogP contribution in [0.1, 0.15) is 6.92 Å². The van der Waals surface area contributed by atoms with Gasteiger partial charge in [0.25, 0.3) is 0 Å². The zero-order chi connectivity index (χ0) is 14.5. The summed E-state index contributed by atoms with van der Waals surface area (Å²) in [6.45, 7) is 1.75. The first-order chi connectivity index (χ1) is 8.92. The van der Waals surface area contributed by atoms with Gasteiger partial charge < -0.3 is 14.2 Å². The summed E-state index contributed by atoms with van der Waals surface area (Å²) in [4.78, 5) is 22.8. The molecule has 0 aliphatic carbocycles. The van der Waals surface area contributed by atoms with Gasteiger partial charge in [0.2, 0.25) is 10.0 Å². The molecule has 19 heavy (non-hydrogen) atoms. The van der Waals surface area contributed by atoms with Crippen molar-refractivity contribution in [3.63, 3.8) is 0 Å². The Morgan fingerprint density at radius 2 is 2.11 bits per heavy atom. The Kier molecular flexibility index (Phi) is 5.70. The average molecular weight is 295 g/mol. The topological polar surface area (TPSA) is 99.2 Å². The fourth-order valence-electron chi connectivity index (χ4n) is 1.68. The van der Waals surface area contributed by atoms with Crippen molar-refractivity contribution in [2.75, 3.05) is 39.2 Å². The first-order valence-electron chi connectivity index (χ1n) is 5.73. The number of nitrogens with zero attached hydrogens (tertiary/aromatic N) is 1. The van der Waals surface area contributed by atoms with E-state index >= 15 is 0 Å². The van der Waals surface area contributed by atoms with Crippen LogP contribution >= 0.6 is 0 Å². The summed E-state index contributed by atoms with van der Waals surface area (Å²) in [6, 6.07) is -1.06. The normalized spacial score (nSPS) is 20.8. The Hall–Kier alpha value is -1.19. The van der Waals surface area contributed by atoms with Crippen LogP contribution in [0, 0.1) is 0 Å². The number of carbonyl (C=O) groups excluding carboxylic acids is 2. The minimum absolute atomic E-state index is 0.00149. The van der Waals surface area contributed by atoms with Gasteiger partial charge in [0.05, 0.1) is 26.9 Å². The Bertz CT molecular complexity index is 433. The molecule has 0 saturated carbocycles. The minimum atomic E-state index is -3.93. The molecular weight excluding hydrogens is 278 g/mol. The number of methoxy groups -OCH3 is 1. The van der Waals surface area contributed by atoms with Crippen molar-refractivity contribution in [3.8, 4) is 0 Å². The Morgan fingerprint density at radius 3 is 2.68 bits per heavy atom. The molecule has 0 spiro atoms. The van der Waals surface area contributed by atoms with Crippen LogP contribution in [0.2, 0.25) is 0 Å². The predicted octanol–water partition coefficient (Wildman–Crippen LogP) is -1.25. The Labute approximate surface area is 111 Å². The third-order valence-electron chi connectivity index (χ3n) is 2.52. The number of ether oxygens (including phenoxy) is 3. The molecule has 0 aromatic rings. The lowest BCUT2D eigenvalue weighted by Crippen LogP contribution is -2.54. The van der Waals surface area contributed by atoms with E-state index in [0.717, 1.165) is 11.4 Å². The maximum absolute atomic E-state index is 12.1. The molecule has 1 atom stereocenters. The standard InChI is InChI=1S/C10H17NO7S/c1-3-18-9(12)7-19(14,15)11-4-5-17-6-8(11)10(13)16-2/h8H,3-7H2,1-2H3. The van der Waals surface area contributed by atoms with E-state index in [-0.39, 0.29) is 26.4 Å². The van der Waals surface area contributed by atoms with Crippen LogP contribution < -0.4 is 0 Å². The van der Waals surface area contributed by atoms with Crippen molar-refractivity contribution in [2.45, 2.75) is 13.0 Å². The van der Waals surface area contributed by atoms with Gasteiger partial charge in [-0.3, -0.25) is 9.59 Å². The van der Waals surface area contributed by atoms with Gasteiger partial charge in [-0.15, -0.1) is 0 Å². The highest BCUT2D eigenvalue weighted by molar-refractivity contribution is 7.89. The number of hydrogen-bond donors (Lipinski definition) is 0. The number of sulfonamides is 1. The summed E-state index contributed by atoms with van der Waals surface area (Å²) < 4.78 is 39.2. The van der Waals surface area contributed by atoms with Crippen LogP contribution in [0.3, 0.4) is 0 Å². The molecule has 0 radical (unpaired) electrons. The highest BCUT2D eigenvalue weighted by atomic mass is 32.2. The summed E-state index contributed by atoms with van der Waals surface area (Å²) in [5.74, 6) is -2.36. The van der Waals surface area contributed by atoms with Gasteiger partial charge in [-0.2, -0.15) is 4.31 Å². The maximum Gasteiger partial charge on any atom is 0.326 e. The quantitative estimate of drug-likeness (QED) is 0.584. The lowest BCUT2D eigenvalue weighted by Gasteiger charge is -2.32. The van der Waals surface area contributed by atoms with Crippen LogP contribution in [0.4, 0.5) is 0 Å². The number of rotatable bonds is 5. The van der Waals surface area contributed by atoms with Crippen LogP contribution in [0.15, 0.2) is 0 Å². The third kappa shape index (κ3) is 4.15. The van der Waals surface area contributed by atoms with Gasteiger partial charge >= 0.3 is 11.9 Å². The zero-order valence-electron chi connectivity index (χ0n) is 10.8. The SMILES string of the molecule is CCOC(=O)CS(=O)(=O)N1CCOCC1C(=O)OC. The summed E-state index contributed by atoms with van der Waals surface area (Å²) in [5, 5.41) is 0. The smallest absolute Gasteiger partial charge is 0.326 e. The number of hydrogen-bond acceptors (Lipinski definition) is 7. The first-order valence-corrected chi connectivity index (χ1v) is 7.34. The number of esters is 2. The Balaban J connectivity index is 2.84. The molecule has 0 aromatic carbocycles. The highest BCUT2D eigenvalue weighted by Gasteiger charge is 2.39. The molecule has 1 aliphatic heterocycles. The molecule has 9 heteroatoms.